The average molecular weight is 405 g/mol. The molecule has 0 radical (unpaired) electrons. The summed E-state index contributed by atoms with van der Waals surface area (Å²) < 4.78 is 16.2. The lowest BCUT2D eigenvalue weighted by Crippen LogP contribution is -2.08. The minimum Gasteiger partial charge on any atom is -0.497 e. The van der Waals surface area contributed by atoms with E-state index in [1.165, 1.54) is 0 Å². The SMILES string of the molecule is COc1ccc(-c2noc(-c3c(N)nc(-c4ccccc4)nc3OCCO)n2)cc1. The van der Waals surface area contributed by atoms with Gasteiger partial charge in [0.1, 0.15) is 23.7 Å². The molecule has 0 unspecified atom stereocenters. The fourth-order valence-electron chi connectivity index (χ4n) is 2.80. The zero-order chi connectivity index (χ0) is 20.9. The van der Waals surface area contributed by atoms with Gasteiger partial charge in [0.15, 0.2) is 5.82 Å². The van der Waals surface area contributed by atoms with Crippen molar-refractivity contribution in [1.29, 1.82) is 0 Å². The van der Waals surface area contributed by atoms with E-state index in [1.54, 1.807) is 19.2 Å². The Kier molecular flexibility index (Phi) is 5.53. The molecule has 0 saturated carbocycles. The number of anilines is 1. The molecule has 0 aliphatic rings. The van der Waals surface area contributed by atoms with Crippen molar-refractivity contribution in [2.45, 2.75) is 0 Å². The van der Waals surface area contributed by atoms with E-state index >= 15 is 0 Å². The average Bonchev–Trinajstić information content (AvgIpc) is 3.27. The molecule has 4 rings (SSSR count). The maximum atomic E-state index is 9.18. The second-order valence-electron chi connectivity index (χ2n) is 6.20. The number of nitrogens with zero attached hydrogens (tertiary/aromatic N) is 4. The molecule has 9 heteroatoms. The number of nitrogens with two attached hydrogens (primary N) is 1. The predicted molar refractivity (Wildman–Crippen MR) is 110 cm³/mol. The van der Waals surface area contributed by atoms with Crippen molar-refractivity contribution >= 4 is 5.82 Å². The van der Waals surface area contributed by atoms with Gasteiger partial charge in [-0.1, -0.05) is 35.5 Å². The van der Waals surface area contributed by atoms with E-state index < -0.39 is 0 Å². The molecule has 0 bridgehead atoms. The molecule has 0 atom stereocenters. The molecule has 0 saturated heterocycles. The fourth-order valence-corrected chi connectivity index (χ4v) is 2.80. The van der Waals surface area contributed by atoms with Gasteiger partial charge in [0.2, 0.25) is 11.7 Å². The highest BCUT2D eigenvalue weighted by Gasteiger charge is 2.22. The smallest absolute Gasteiger partial charge is 0.267 e. The first kappa shape index (κ1) is 19.3. The number of hydrogen-bond acceptors (Lipinski definition) is 9. The molecule has 0 fully saturated rings. The largest absolute Gasteiger partial charge is 0.497 e. The minimum absolute atomic E-state index is 0.0250. The van der Waals surface area contributed by atoms with E-state index in [0.29, 0.717) is 11.6 Å². The summed E-state index contributed by atoms with van der Waals surface area (Å²) in [6, 6.07) is 16.6. The summed E-state index contributed by atoms with van der Waals surface area (Å²) in [4.78, 5) is 13.2. The minimum atomic E-state index is -0.190. The van der Waals surface area contributed by atoms with Crippen LogP contribution in [0.15, 0.2) is 59.1 Å². The Bertz CT molecular complexity index is 1130. The molecule has 0 aliphatic heterocycles. The fraction of sp³-hybridized carbons (Fsp3) is 0.143. The van der Waals surface area contributed by atoms with E-state index in [-0.39, 0.29) is 36.4 Å². The number of aliphatic hydroxyl groups excluding tert-OH is 1. The van der Waals surface area contributed by atoms with Gasteiger partial charge < -0.3 is 24.8 Å². The molecule has 0 amide bonds. The number of benzene rings is 2. The van der Waals surface area contributed by atoms with E-state index in [9.17, 15) is 5.11 Å². The molecule has 9 nitrogen and oxygen atoms in total. The van der Waals surface area contributed by atoms with Gasteiger partial charge in [-0.05, 0) is 24.3 Å². The summed E-state index contributed by atoms with van der Waals surface area (Å²) in [7, 11) is 1.59. The van der Waals surface area contributed by atoms with Crippen molar-refractivity contribution in [3.05, 3.63) is 54.6 Å². The molecular weight excluding hydrogens is 386 g/mol. The summed E-state index contributed by atoms with van der Waals surface area (Å²) in [6.45, 7) is -0.165. The lowest BCUT2D eigenvalue weighted by atomic mass is 10.2. The van der Waals surface area contributed by atoms with Crippen molar-refractivity contribution < 1.29 is 19.1 Å². The van der Waals surface area contributed by atoms with Crippen LogP contribution >= 0.6 is 0 Å². The highest BCUT2D eigenvalue weighted by molar-refractivity contribution is 5.76. The number of hydrogen-bond donors (Lipinski definition) is 2. The summed E-state index contributed by atoms with van der Waals surface area (Å²) >= 11 is 0. The Morgan fingerprint density at radius 2 is 1.67 bits per heavy atom. The van der Waals surface area contributed by atoms with Crippen LogP contribution in [0.25, 0.3) is 34.2 Å². The van der Waals surface area contributed by atoms with Gasteiger partial charge in [-0.2, -0.15) is 9.97 Å². The molecule has 30 heavy (non-hydrogen) atoms. The molecular formula is C21H19N5O4. The van der Waals surface area contributed by atoms with E-state index in [2.05, 4.69) is 20.1 Å². The number of nitrogen functional groups attached to an aromatic ring is 1. The van der Waals surface area contributed by atoms with Crippen LogP contribution in [-0.4, -0.2) is 45.5 Å². The molecule has 2 heterocycles. The first-order valence-electron chi connectivity index (χ1n) is 9.14. The molecule has 3 N–H and O–H groups in total. The maximum absolute atomic E-state index is 9.18. The van der Waals surface area contributed by atoms with Gasteiger partial charge in [-0.25, -0.2) is 4.98 Å². The Morgan fingerprint density at radius 1 is 0.933 bits per heavy atom. The molecule has 0 aliphatic carbocycles. The topological polar surface area (TPSA) is 129 Å². The van der Waals surface area contributed by atoms with Crippen LogP contribution in [0, 0.1) is 0 Å². The van der Waals surface area contributed by atoms with E-state index in [4.69, 9.17) is 19.7 Å². The highest BCUT2D eigenvalue weighted by atomic mass is 16.5. The Balaban J connectivity index is 1.75. The van der Waals surface area contributed by atoms with Gasteiger partial charge in [-0.15, -0.1) is 0 Å². The van der Waals surface area contributed by atoms with Gasteiger partial charge in [0, 0.05) is 11.1 Å². The van der Waals surface area contributed by atoms with Gasteiger partial charge in [0.05, 0.1) is 13.7 Å². The van der Waals surface area contributed by atoms with Crippen LogP contribution in [0.3, 0.4) is 0 Å². The third-order valence-electron chi connectivity index (χ3n) is 4.25. The summed E-state index contributed by atoms with van der Waals surface area (Å²) in [5.41, 5.74) is 8.00. The number of ether oxygens (including phenoxy) is 2. The maximum Gasteiger partial charge on any atom is 0.267 e. The summed E-state index contributed by atoms with van der Waals surface area (Å²) in [5.74, 6) is 1.87. The van der Waals surface area contributed by atoms with Crippen LogP contribution in [0.2, 0.25) is 0 Å². The van der Waals surface area contributed by atoms with Crippen molar-refractivity contribution in [3.8, 4) is 45.9 Å². The molecule has 2 aromatic heterocycles. The highest BCUT2D eigenvalue weighted by Crippen LogP contribution is 2.35. The monoisotopic (exact) mass is 405 g/mol. The van der Waals surface area contributed by atoms with Gasteiger partial charge >= 0.3 is 0 Å². The standard InChI is InChI=1S/C21H19N5O4/c1-28-15-9-7-14(8-10-15)19-25-21(30-26-19)16-17(22)23-18(13-5-3-2-4-6-13)24-20(16)29-12-11-27/h2-10,27H,11-12H2,1H3,(H2,22,23,24). The second-order valence-corrected chi connectivity index (χ2v) is 6.20. The third kappa shape index (κ3) is 3.91. The predicted octanol–water partition coefficient (Wildman–Crippen LogP) is 2.82. The first-order valence-corrected chi connectivity index (χ1v) is 9.14. The quantitative estimate of drug-likeness (QED) is 0.476. The van der Waals surface area contributed by atoms with Crippen LogP contribution in [-0.2, 0) is 0 Å². The number of rotatable bonds is 7. The van der Waals surface area contributed by atoms with Crippen molar-refractivity contribution in [1.82, 2.24) is 20.1 Å². The van der Waals surface area contributed by atoms with Crippen LogP contribution in [0.5, 0.6) is 11.6 Å². The number of methoxy groups -OCH3 is 1. The van der Waals surface area contributed by atoms with Crippen molar-refractivity contribution in [2.24, 2.45) is 0 Å². The normalized spacial score (nSPS) is 10.7. The zero-order valence-corrected chi connectivity index (χ0v) is 16.1. The van der Waals surface area contributed by atoms with Gasteiger partial charge in [0.25, 0.3) is 5.89 Å². The van der Waals surface area contributed by atoms with Crippen LogP contribution < -0.4 is 15.2 Å². The van der Waals surface area contributed by atoms with E-state index in [0.717, 1.165) is 16.9 Å². The summed E-state index contributed by atoms with van der Waals surface area (Å²) in [5, 5.41) is 13.2. The van der Waals surface area contributed by atoms with Crippen LogP contribution in [0.1, 0.15) is 0 Å². The first-order chi connectivity index (χ1) is 14.7. The van der Waals surface area contributed by atoms with Gasteiger partial charge in [-0.3, -0.25) is 0 Å². The Hall–Kier alpha value is -3.98. The number of aliphatic hydroxyl groups is 1. The van der Waals surface area contributed by atoms with Crippen molar-refractivity contribution in [2.75, 3.05) is 26.1 Å². The molecule has 0 spiro atoms. The molecule has 4 aromatic rings. The van der Waals surface area contributed by atoms with Crippen molar-refractivity contribution in [3.63, 3.8) is 0 Å². The van der Waals surface area contributed by atoms with E-state index in [1.807, 2.05) is 42.5 Å². The lowest BCUT2D eigenvalue weighted by molar-refractivity contribution is 0.197. The lowest BCUT2D eigenvalue weighted by Gasteiger charge is -2.11. The second kappa shape index (κ2) is 8.58. The molecule has 2 aromatic carbocycles. The zero-order valence-electron chi connectivity index (χ0n) is 16.1. The Labute approximate surface area is 172 Å². The summed E-state index contributed by atoms with van der Waals surface area (Å²) in [6.07, 6.45) is 0. The molecule has 152 valence electrons. The third-order valence-corrected chi connectivity index (χ3v) is 4.25. The Morgan fingerprint density at radius 3 is 2.37 bits per heavy atom. The number of aromatic nitrogens is 4. The van der Waals surface area contributed by atoms with Crippen LogP contribution in [0.4, 0.5) is 5.82 Å².